The van der Waals surface area contributed by atoms with Crippen molar-refractivity contribution in [3.63, 3.8) is 0 Å². The summed E-state index contributed by atoms with van der Waals surface area (Å²) in [6.45, 7) is 7.72. The Labute approximate surface area is 168 Å². The summed E-state index contributed by atoms with van der Waals surface area (Å²) in [5, 5.41) is 6.61. The van der Waals surface area contributed by atoms with Crippen LogP contribution in [0.2, 0.25) is 0 Å². The van der Waals surface area contributed by atoms with Crippen LogP contribution in [0.5, 0.6) is 0 Å². The van der Waals surface area contributed by atoms with Crippen LogP contribution in [-0.2, 0) is 0 Å². The van der Waals surface area contributed by atoms with E-state index in [1.165, 1.54) is 12.3 Å². The number of nitrogens with zero attached hydrogens (tertiary/aromatic N) is 4. The number of nitrogens with two attached hydrogens (primary N) is 1. The lowest BCUT2D eigenvalue weighted by Gasteiger charge is -2.31. The molecule has 0 spiro atoms. The Hall–Kier alpha value is -3.52. The third kappa shape index (κ3) is 4.02. The van der Waals surface area contributed by atoms with E-state index >= 15 is 0 Å². The largest absolute Gasteiger partial charge is 0.382 e. The summed E-state index contributed by atoms with van der Waals surface area (Å²) in [6, 6.07) is 8.38. The number of benzene rings is 1. The lowest BCUT2D eigenvalue weighted by molar-refractivity contribution is 0.589. The van der Waals surface area contributed by atoms with Crippen LogP contribution in [0, 0.1) is 5.82 Å². The molecule has 0 unspecified atom stereocenters. The Kier molecular flexibility index (Phi) is 5.35. The summed E-state index contributed by atoms with van der Waals surface area (Å²) >= 11 is 0. The zero-order valence-electron chi connectivity index (χ0n) is 15.9. The van der Waals surface area contributed by atoms with Gasteiger partial charge in [0.05, 0.1) is 35.2 Å². The first-order valence-electron chi connectivity index (χ1n) is 9.37. The number of rotatable bonds is 5. The molecule has 29 heavy (non-hydrogen) atoms. The highest BCUT2D eigenvalue weighted by molar-refractivity contribution is 5.84. The Morgan fingerprint density at radius 2 is 1.97 bits per heavy atom. The first-order chi connectivity index (χ1) is 14.1. The van der Waals surface area contributed by atoms with Gasteiger partial charge in [0.1, 0.15) is 11.5 Å². The van der Waals surface area contributed by atoms with Gasteiger partial charge in [-0.05, 0) is 18.2 Å². The second kappa shape index (κ2) is 8.24. The van der Waals surface area contributed by atoms with Crippen LogP contribution in [0.3, 0.4) is 0 Å². The van der Waals surface area contributed by atoms with Crippen LogP contribution >= 0.6 is 0 Å². The Morgan fingerprint density at radius 1 is 1.17 bits per heavy atom. The molecule has 1 aliphatic rings. The fraction of sp³-hybridized carbons (Fsp3) is 0.190. The lowest BCUT2D eigenvalue weighted by atomic mass is 10.1. The van der Waals surface area contributed by atoms with Gasteiger partial charge in [-0.15, -0.1) is 0 Å². The number of piperazine rings is 1. The first-order valence-corrected chi connectivity index (χ1v) is 9.37. The van der Waals surface area contributed by atoms with Gasteiger partial charge < -0.3 is 21.3 Å². The van der Waals surface area contributed by atoms with Crippen LogP contribution in [-0.4, -0.2) is 41.1 Å². The van der Waals surface area contributed by atoms with E-state index in [1.54, 1.807) is 30.6 Å². The number of aromatic nitrogens is 3. The van der Waals surface area contributed by atoms with Gasteiger partial charge in [-0.2, -0.15) is 0 Å². The van der Waals surface area contributed by atoms with E-state index in [1.807, 2.05) is 6.07 Å². The molecule has 2 aromatic heterocycles. The molecule has 3 aromatic rings. The van der Waals surface area contributed by atoms with Crippen molar-refractivity contribution < 1.29 is 4.39 Å². The SMILES string of the molecule is C=C(Nc1cnccc1N1CCNCC1)c1nc(-c2ccccc2F)cnc1N. The molecule has 1 aliphatic heterocycles. The Morgan fingerprint density at radius 3 is 2.76 bits per heavy atom. The van der Waals surface area contributed by atoms with Crippen molar-refractivity contribution >= 4 is 22.9 Å². The minimum absolute atomic E-state index is 0.218. The van der Waals surface area contributed by atoms with E-state index < -0.39 is 0 Å². The van der Waals surface area contributed by atoms with Crippen molar-refractivity contribution in [2.75, 3.05) is 42.1 Å². The molecule has 8 heteroatoms. The summed E-state index contributed by atoms with van der Waals surface area (Å²) < 4.78 is 14.2. The second-order valence-electron chi connectivity index (χ2n) is 6.70. The number of anilines is 3. The fourth-order valence-electron chi connectivity index (χ4n) is 3.31. The van der Waals surface area contributed by atoms with Crippen molar-refractivity contribution in [1.82, 2.24) is 20.3 Å². The molecule has 0 amide bonds. The molecule has 0 radical (unpaired) electrons. The van der Waals surface area contributed by atoms with Gasteiger partial charge in [0.15, 0.2) is 5.82 Å². The molecule has 7 nitrogen and oxygen atoms in total. The average Bonchev–Trinajstić information content (AvgIpc) is 2.75. The molecule has 1 aromatic carbocycles. The summed E-state index contributed by atoms with van der Waals surface area (Å²) in [7, 11) is 0. The molecule has 0 aliphatic carbocycles. The Bertz CT molecular complexity index is 1030. The minimum Gasteiger partial charge on any atom is -0.382 e. The smallest absolute Gasteiger partial charge is 0.151 e. The highest BCUT2D eigenvalue weighted by Crippen LogP contribution is 2.29. The van der Waals surface area contributed by atoms with E-state index in [4.69, 9.17) is 5.73 Å². The zero-order valence-corrected chi connectivity index (χ0v) is 15.9. The van der Waals surface area contributed by atoms with E-state index in [2.05, 4.69) is 37.1 Å². The number of hydrogen-bond acceptors (Lipinski definition) is 7. The van der Waals surface area contributed by atoms with Crippen LogP contribution in [0.1, 0.15) is 5.69 Å². The van der Waals surface area contributed by atoms with Gasteiger partial charge >= 0.3 is 0 Å². The molecule has 0 saturated carbocycles. The predicted molar refractivity (Wildman–Crippen MR) is 114 cm³/mol. The van der Waals surface area contributed by atoms with Gasteiger partial charge in [0.2, 0.25) is 0 Å². The third-order valence-corrected chi connectivity index (χ3v) is 4.78. The first kappa shape index (κ1) is 18.8. The molecule has 148 valence electrons. The summed E-state index contributed by atoms with van der Waals surface area (Å²) in [4.78, 5) is 15.2. The molecular formula is C21H22FN7. The van der Waals surface area contributed by atoms with Crippen molar-refractivity contribution in [3.05, 3.63) is 67.0 Å². The predicted octanol–water partition coefficient (Wildman–Crippen LogP) is 2.75. The van der Waals surface area contributed by atoms with E-state index in [-0.39, 0.29) is 11.6 Å². The van der Waals surface area contributed by atoms with Gasteiger partial charge in [-0.1, -0.05) is 18.7 Å². The summed E-state index contributed by atoms with van der Waals surface area (Å²) in [5.74, 6) is -0.153. The van der Waals surface area contributed by atoms with Gasteiger partial charge in [-0.3, -0.25) is 4.98 Å². The maximum Gasteiger partial charge on any atom is 0.151 e. The van der Waals surface area contributed by atoms with Gasteiger partial charge in [0, 0.05) is 37.9 Å². The molecule has 0 atom stereocenters. The number of nitrogen functional groups attached to an aromatic ring is 1. The quantitative estimate of drug-likeness (QED) is 0.616. The highest BCUT2D eigenvalue weighted by Gasteiger charge is 2.17. The van der Waals surface area contributed by atoms with Crippen LogP contribution in [0.25, 0.3) is 17.0 Å². The van der Waals surface area contributed by atoms with E-state index in [0.29, 0.717) is 22.6 Å². The minimum atomic E-state index is -0.371. The highest BCUT2D eigenvalue weighted by atomic mass is 19.1. The van der Waals surface area contributed by atoms with E-state index in [9.17, 15) is 4.39 Å². The lowest BCUT2D eigenvalue weighted by Crippen LogP contribution is -2.43. The number of pyridine rings is 1. The maximum absolute atomic E-state index is 14.2. The van der Waals surface area contributed by atoms with Crippen molar-refractivity contribution in [3.8, 4) is 11.3 Å². The molecule has 3 heterocycles. The van der Waals surface area contributed by atoms with Crippen molar-refractivity contribution in [1.29, 1.82) is 0 Å². The number of hydrogen-bond donors (Lipinski definition) is 3. The topological polar surface area (TPSA) is 92.0 Å². The van der Waals surface area contributed by atoms with Gasteiger partial charge in [-0.25, -0.2) is 14.4 Å². The maximum atomic E-state index is 14.2. The molecule has 1 fully saturated rings. The van der Waals surface area contributed by atoms with Gasteiger partial charge in [0.25, 0.3) is 0 Å². The van der Waals surface area contributed by atoms with E-state index in [0.717, 1.165) is 37.6 Å². The zero-order chi connectivity index (χ0) is 20.2. The monoisotopic (exact) mass is 391 g/mol. The fourth-order valence-corrected chi connectivity index (χ4v) is 3.31. The average molecular weight is 391 g/mol. The molecule has 4 rings (SSSR count). The van der Waals surface area contributed by atoms with Crippen molar-refractivity contribution in [2.45, 2.75) is 0 Å². The summed E-state index contributed by atoms with van der Waals surface area (Å²) in [5.41, 5.74) is 9.46. The summed E-state index contributed by atoms with van der Waals surface area (Å²) in [6.07, 6.45) is 4.96. The molecule has 1 saturated heterocycles. The van der Waals surface area contributed by atoms with Crippen LogP contribution in [0.15, 0.2) is 55.5 Å². The molecule has 0 bridgehead atoms. The molecule has 4 N–H and O–H groups in total. The van der Waals surface area contributed by atoms with Crippen LogP contribution in [0.4, 0.5) is 21.6 Å². The number of halogens is 1. The second-order valence-corrected chi connectivity index (χ2v) is 6.70. The Balaban J connectivity index is 1.63. The van der Waals surface area contributed by atoms with Crippen molar-refractivity contribution in [2.24, 2.45) is 0 Å². The third-order valence-electron chi connectivity index (χ3n) is 4.78. The number of nitrogens with one attached hydrogen (secondary N) is 2. The standard InChI is InChI=1S/C21H22FN7/c1-14(27-18-12-25-7-6-19(18)29-10-8-24-9-11-29)20-21(23)26-13-17(28-20)15-4-2-3-5-16(15)22/h2-7,12-13,24,27H,1,8-11H2,(H2,23,26). The molecular weight excluding hydrogens is 369 g/mol. The normalized spacial score (nSPS) is 13.9. The van der Waals surface area contributed by atoms with Crippen LogP contribution < -0.4 is 21.3 Å².